The molecule has 0 bridgehead atoms. The summed E-state index contributed by atoms with van der Waals surface area (Å²) in [5.41, 5.74) is 0. The molecule has 5 N–H and O–H groups in total. The van der Waals surface area contributed by atoms with Crippen molar-refractivity contribution >= 4 is 5.91 Å². The van der Waals surface area contributed by atoms with E-state index in [1.54, 1.807) is 0 Å². The van der Waals surface area contributed by atoms with Crippen LogP contribution >= 0.6 is 0 Å². The average Bonchev–Trinajstić information content (AvgIpc) is 2.67. The number of aliphatic hydroxyl groups is 5. The van der Waals surface area contributed by atoms with Crippen molar-refractivity contribution in [2.45, 2.75) is 102 Å². The van der Waals surface area contributed by atoms with Crippen molar-refractivity contribution in [3.63, 3.8) is 0 Å². The number of unbranched alkanes of at least 4 members (excludes halogenated alkanes) is 2. The van der Waals surface area contributed by atoms with Gasteiger partial charge in [0, 0.05) is 13.0 Å². The van der Waals surface area contributed by atoms with Crippen LogP contribution in [0.15, 0.2) is 0 Å². The van der Waals surface area contributed by atoms with E-state index < -0.39 is 49.1 Å². The monoisotopic (exact) mass is 421 g/mol. The molecule has 2 rings (SSSR count). The zero-order chi connectivity index (χ0) is 21.7. The Morgan fingerprint density at radius 3 is 2.34 bits per heavy atom. The fourth-order valence-electron chi connectivity index (χ4n) is 3.78. The minimum absolute atomic E-state index is 0.153. The molecule has 0 aromatic rings. The van der Waals surface area contributed by atoms with Gasteiger partial charge in [-0.15, -0.1) is 0 Å². The van der Waals surface area contributed by atoms with E-state index in [1.807, 2.05) is 6.92 Å². The molecule has 0 aromatic heterocycles. The lowest BCUT2D eigenvalue weighted by Crippen LogP contribution is -2.63. The third-order valence-electron chi connectivity index (χ3n) is 5.56. The van der Waals surface area contributed by atoms with E-state index >= 15 is 0 Å². The van der Waals surface area contributed by atoms with E-state index in [1.165, 1.54) is 11.8 Å². The molecule has 0 saturated carbocycles. The highest BCUT2D eigenvalue weighted by Gasteiger charge is 2.47. The largest absolute Gasteiger partial charge is 0.388 e. The molecule has 9 atom stereocenters. The molecule has 29 heavy (non-hydrogen) atoms. The van der Waals surface area contributed by atoms with Crippen LogP contribution in [0.2, 0.25) is 0 Å². The van der Waals surface area contributed by atoms with Gasteiger partial charge in [0.05, 0.1) is 13.2 Å². The second kappa shape index (κ2) is 11.0. The van der Waals surface area contributed by atoms with E-state index in [0.29, 0.717) is 0 Å². The molecular weight excluding hydrogens is 386 g/mol. The molecule has 0 aliphatic carbocycles. The van der Waals surface area contributed by atoms with Crippen molar-refractivity contribution in [3.8, 4) is 0 Å². The van der Waals surface area contributed by atoms with E-state index in [-0.39, 0.29) is 25.2 Å². The third-order valence-corrected chi connectivity index (χ3v) is 5.56. The van der Waals surface area contributed by atoms with Gasteiger partial charge >= 0.3 is 0 Å². The molecule has 1 amide bonds. The number of carbonyl (C=O) groups is 1. The fraction of sp³-hybridized carbons (Fsp3) is 0.947. The highest BCUT2D eigenvalue weighted by Crippen LogP contribution is 2.27. The van der Waals surface area contributed by atoms with Crippen molar-refractivity contribution in [2.75, 3.05) is 13.2 Å². The van der Waals surface area contributed by atoms with Crippen LogP contribution in [0.4, 0.5) is 0 Å². The molecule has 0 aromatic carbocycles. The molecule has 2 fully saturated rings. The predicted octanol–water partition coefficient (Wildman–Crippen LogP) is -1.29. The minimum Gasteiger partial charge on any atom is -0.388 e. The molecule has 2 saturated heterocycles. The summed E-state index contributed by atoms with van der Waals surface area (Å²) < 4.78 is 16.3. The molecule has 2 heterocycles. The molecule has 2 aliphatic heterocycles. The van der Waals surface area contributed by atoms with Gasteiger partial charge in [0.15, 0.2) is 12.5 Å². The Hall–Kier alpha value is -0.850. The van der Waals surface area contributed by atoms with Gasteiger partial charge in [-0.1, -0.05) is 26.2 Å². The Morgan fingerprint density at radius 1 is 1.03 bits per heavy atom. The first-order chi connectivity index (χ1) is 13.7. The van der Waals surface area contributed by atoms with Crippen molar-refractivity contribution in [3.05, 3.63) is 0 Å². The molecular formula is C19H35NO9. The summed E-state index contributed by atoms with van der Waals surface area (Å²) in [5.74, 6) is -0.271. The Labute approximate surface area is 171 Å². The van der Waals surface area contributed by atoms with Crippen molar-refractivity contribution in [2.24, 2.45) is 0 Å². The van der Waals surface area contributed by atoms with E-state index in [0.717, 1.165) is 25.7 Å². The SMILES string of the molecule is CCCCCC(C)N(C(C)=O)C1OCC(OC2OCC(O)C(O)C2O)C(O)C1O. The summed E-state index contributed by atoms with van der Waals surface area (Å²) in [7, 11) is 0. The van der Waals surface area contributed by atoms with Gasteiger partial charge < -0.3 is 44.6 Å². The van der Waals surface area contributed by atoms with Crippen LogP contribution in [0.25, 0.3) is 0 Å². The Bertz CT molecular complexity index is 522. The molecule has 0 spiro atoms. The minimum atomic E-state index is -1.52. The summed E-state index contributed by atoms with van der Waals surface area (Å²) in [5, 5.41) is 50.3. The van der Waals surface area contributed by atoms with Gasteiger partial charge in [0.1, 0.15) is 36.6 Å². The lowest BCUT2D eigenvalue weighted by molar-refractivity contribution is -0.317. The van der Waals surface area contributed by atoms with Crippen LogP contribution < -0.4 is 0 Å². The van der Waals surface area contributed by atoms with Crippen LogP contribution in [0, 0.1) is 0 Å². The number of nitrogens with zero attached hydrogens (tertiary/aromatic N) is 1. The maximum absolute atomic E-state index is 12.2. The van der Waals surface area contributed by atoms with Crippen LogP contribution in [0.5, 0.6) is 0 Å². The molecule has 10 nitrogen and oxygen atoms in total. The number of carbonyl (C=O) groups excluding carboxylic acids is 1. The van der Waals surface area contributed by atoms with Crippen LogP contribution in [0.1, 0.15) is 46.5 Å². The van der Waals surface area contributed by atoms with Gasteiger partial charge in [-0.2, -0.15) is 0 Å². The van der Waals surface area contributed by atoms with Gasteiger partial charge in [-0.05, 0) is 13.3 Å². The summed E-state index contributed by atoms with van der Waals surface area (Å²) in [6.45, 7) is 4.95. The average molecular weight is 421 g/mol. The first kappa shape index (κ1) is 24.4. The molecule has 2 aliphatic rings. The molecule has 9 unspecified atom stereocenters. The van der Waals surface area contributed by atoms with Crippen molar-refractivity contribution in [1.29, 1.82) is 0 Å². The fourth-order valence-corrected chi connectivity index (χ4v) is 3.78. The van der Waals surface area contributed by atoms with Crippen molar-refractivity contribution < 1.29 is 44.5 Å². The smallest absolute Gasteiger partial charge is 0.221 e. The van der Waals surface area contributed by atoms with E-state index in [2.05, 4.69) is 6.92 Å². The number of amides is 1. The summed E-state index contributed by atoms with van der Waals surface area (Å²) in [6.07, 6.45) is -6.65. The number of rotatable bonds is 8. The number of hydrogen-bond acceptors (Lipinski definition) is 9. The first-order valence-corrected chi connectivity index (χ1v) is 10.3. The number of aliphatic hydroxyl groups excluding tert-OH is 5. The van der Waals surface area contributed by atoms with Crippen molar-refractivity contribution in [1.82, 2.24) is 4.90 Å². The zero-order valence-electron chi connectivity index (χ0n) is 17.3. The van der Waals surface area contributed by atoms with Crippen LogP contribution in [0.3, 0.4) is 0 Å². The Kier molecular flexibility index (Phi) is 9.23. The van der Waals surface area contributed by atoms with Gasteiger partial charge in [0.2, 0.25) is 5.91 Å². The van der Waals surface area contributed by atoms with E-state index in [4.69, 9.17) is 14.2 Å². The maximum atomic E-state index is 12.2. The lowest BCUT2D eigenvalue weighted by Gasteiger charge is -2.45. The standard InChI is InChI=1S/C19H35NO9/c1-4-5-6-7-10(2)20(11(3)21)18-16(25)15(24)13(9-27-18)29-19-17(26)14(23)12(22)8-28-19/h10,12-19,22-26H,4-9H2,1-3H3. The quantitative estimate of drug-likeness (QED) is 0.302. The molecule has 10 heteroatoms. The van der Waals surface area contributed by atoms with Crippen LogP contribution in [-0.2, 0) is 19.0 Å². The lowest BCUT2D eigenvalue weighted by atomic mass is 10.00. The van der Waals surface area contributed by atoms with Gasteiger partial charge in [-0.25, -0.2) is 0 Å². The summed E-state index contributed by atoms with van der Waals surface area (Å²) >= 11 is 0. The summed E-state index contributed by atoms with van der Waals surface area (Å²) in [4.78, 5) is 13.6. The number of ether oxygens (including phenoxy) is 3. The molecule has 170 valence electrons. The second-order valence-electron chi connectivity index (χ2n) is 7.90. The second-order valence-corrected chi connectivity index (χ2v) is 7.90. The Balaban J connectivity index is 1.99. The zero-order valence-corrected chi connectivity index (χ0v) is 17.3. The first-order valence-electron chi connectivity index (χ1n) is 10.3. The molecule has 0 radical (unpaired) electrons. The van der Waals surface area contributed by atoms with E-state index in [9.17, 15) is 30.3 Å². The Morgan fingerprint density at radius 2 is 1.72 bits per heavy atom. The third kappa shape index (κ3) is 5.86. The highest BCUT2D eigenvalue weighted by molar-refractivity contribution is 5.73. The predicted molar refractivity (Wildman–Crippen MR) is 101 cm³/mol. The van der Waals surface area contributed by atoms with Crippen LogP contribution in [-0.4, -0.2) is 105 Å². The highest BCUT2D eigenvalue weighted by atomic mass is 16.7. The maximum Gasteiger partial charge on any atom is 0.221 e. The number of hydrogen-bond donors (Lipinski definition) is 5. The topological polar surface area (TPSA) is 149 Å². The van der Waals surface area contributed by atoms with Gasteiger partial charge in [-0.3, -0.25) is 4.79 Å². The normalized spacial score (nSPS) is 39.2. The summed E-state index contributed by atoms with van der Waals surface area (Å²) in [6, 6.07) is -0.177. The van der Waals surface area contributed by atoms with Gasteiger partial charge in [0.25, 0.3) is 0 Å².